The van der Waals surface area contributed by atoms with Gasteiger partial charge in [-0.2, -0.15) is 0 Å². The molecule has 5 heteroatoms. The van der Waals surface area contributed by atoms with Gasteiger partial charge in [0.15, 0.2) is 0 Å². The fourth-order valence-electron chi connectivity index (χ4n) is 1.50. The third-order valence-electron chi connectivity index (χ3n) is 2.46. The first-order valence-corrected chi connectivity index (χ1v) is 5.79. The second-order valence-corrected chi connectivity index (χ2v) is 3.97. The molecule has 5 nitrogen and oxygen atoms in total. The molecule has 0 aliphatic carbocycles. The van der Waals surface area contributed by atoms with E-state index in [1.54, 1.807) is 13.3 Å². The molecule has 0 bridgehead atoms. The van der Waals surface area contributed by atoms with Crippen molar-refractivity contribution in [3.05, 3.63) is 23.3 Å². The van der Waals surface area contributed by atoms with Crippen LogP contribution in [0.5, 0.6) is 0 Å². The molecule has 0 saturated heterocycles. The highest BCUT2D eigenvalue weighted by Gasteiger charge is 2.06. The van der Waals surface area contributed by atoms with Crippen molar-refractivity contribution in [2.45, 2.75) is 26.3 Å². The number of hydrogen-bond acceptors (Lipinski definition) is 5. The van der Waals surface area contributed by atoms with Crippen molar-refractivity contribution in [3.63, 3.8) is 0 Å². The maximum Gasteiger partial charge on any atom is 0.130 e. The average Bonchev–Trinajstić information content (AvgIpc) is 2.28. The van der Waals surface area contributed by atoms with Crippen molar-refractivity contribution in [1.29, 1.82) is 0 Å². The zero-order valence-corrected chi connectivity index (χ0v) is 10.8. The lowest BCUT2D eigenvalue weighted by Crippen LogP contribution is -2.12. The summed E-state index contributed by atoms with van der Waals surface area (Å²) in [4.78, 5) is 8.69. The smallest absolute Gasteiger partial charge is 0.130 e. The molecular formula is C12H21N3O2. The Kier molecular flexibility index (Phi) is 6.04. The largest absolute Gasteiger partial charge is 0.382 e. The summed E-state index contributed by atoms with van der Waals surface area (Å²) in [7, 11) is 1.66. The molecule has 1 aromatic heterocycles. The summed E-state index contributed by atoms with van der Waals surface area (Å²) >= 11 is 0. The second-order valence-electron chi connectivity index (χ2n) is 3.97. The maximum absolute atomic E-state index is 5.80. The van der Waals surface area contributed by atoms with E-state index in [1.807, 2.05) is 13.8 Å². The summed E-state index contributed by atoms with van der Waals surface area (Å²) in [6.07, 6.45) is 2.52. The van der Waals surface area contributed by atoms with Crippen LogP contribution in [0.2, 0.25) is 0 Å². The van der Waals surface area contributed by atoms with Gasteiger partial charge in [-0.25, -0.2) is 9.97 Å². The SMILES string of the molecule is COCCOCCc1ncc([C@@H](C)N)c(C)n1. The number of rotatable bonds is 7. The molecule has 0 aromatic carbocycles. The molecule has 2 N–H and O–H groups in total. The van der Waals surface area contributed by atoms with Crippen LogP contribution in [0, 0.1) is 6.92 Å². The summed E-state index contributed by atoms with van der Waals surface area (Å²) < 4.78 is 10.3. The molecule has 17 heavy (non-hydrogen) atoms. The van der Waals surface area contributed by atoms with Crippen LogP contribution in [0.25, 0.3) is 0 Å². The number of aryl methyl sites for hydroxylation is 1. The van der Waals surface area contributed by atoms with Gasteiger partial charge in [0.2, 0.25) is 0 Å². The van der Waals surface area contributed by atoms with Crippen LogP contribution in [0.1, 0.15) is 30.0 Å². The Bertz CT molecular complexity index is 343. The molecule has 96 valence electrons. The van der Waals surface area contributed by atoms with Crippen molar-refractivity contribution in [2.24, 2.45) is 5.73 Å². The van der Waals surface area contributed by atoms with Gasteiger partial charge < -0.3 is 15.2 Å². The molecule has 1 atom stereocenters. The van der Waals surface area contributed by atoms with Gasteiger partial charge in [0.1, 0.15) is 5.82 Å². The van der Waals surface area contributed by atoms with Crippen molar-refractivity contribution in [1.82, 2.24) is 9.97 Å². The van der Waals surface area contributed by atoms with E-state index in [1.165, 1.54) is 0 Å². The van der Waals surface area contributed by atoms with E-state index in [0.717, 1.165) is 17.1 Å². The van der Waals surface area contributed by atoms with Crippen LogP contribution in [0.3, 0.4) is 0 Å². The summed E-state index contributed by atoms with van der Waals surface area (Å²) in [6, 6.07) is -0.0259. The number of nitrogens with two attached hydrogens (primary N) is 1. The van der Waals surface area contributed by atoms with Crippen LogP contribution in [0.15, 0.2) is 6.20 Å². The molecule has 1 heterocycles. The molecule has 0 aliphatic rings. The maximum atomic E-state index is 5.80. The van der Waals surface area contributed by atoms with Gasteiger partial charge >= 0.3 is 0 Å². The molecule has 0 spiro atoms. The number of aromatic nitrogens is 2. The topological polar surface area (TPSA) is 70.3 Å². The lowest BCUT2D eigenvalue weighted by molar-refractivity contribution is 0.0716. The predicted molar refractivity (Wildman–Crippen MR) is 65.8 cm³/mol. The minimum Gasteiger partial charge on any atom is -0.382 e. The molecule has 0 fully saturated rings. The number of nitrogens with zero attached hydrogens (tertiary/aromatic N) is 2. The number of hydrogen-bond donors (Lipinski definition) is 1. The first-order chi connectivity index (χ1) is 8.15. The van der Waals surface area contributed by atoms with Gasteiger partial charge in [0.05, 0.1) is 19.8 Å². The van der Waals surface area contributed by atoms with E-state index in [-0.39, 0.29) is 6.04 Å². The van der Waals surface area contributed by atoms with Gasteiger partial charge in [-0.05, 0) is 13.8 Å². The van der Waals surface area contributed by atoms with Crippen LogP contribution in [0.4, 0.5) is 0 Å². The Morgan fingerprint density at radius 1 is 1.35 bits per heavy atom. The monoisotopic (exact) mass is 239 g/mol. The van der Waals surface area contributed by atoms with Crippen LogP contribution in [-0.2, 0) is 15.9 Å². The Balaban J connectivity index is 2.42. The molecule has 1 aromatic rings. The first kappa shape index (κ1) is 14.0. The molecule has 0 radical (unpaired) electrons. The Morgan fingerprint density at radius 2 is 2.12 bits per heavy atom. The first-order valence-electron chi connectivity index (χ1n) is 5.79. The Hall–Kier alpha value is -1.04. The van der Waals surface area contributed by atoms with E-state index >= 15 is 0 Å². The molecule has 1 rings (SSSR count). The van der Waals surface area contributed by atoms with Crippen LogP contribution in [-0.4, -0.2) is 36.9 Å². The summed E-state index contributed by atoms with van der Waals surface area (Å²) in [5.41, 5.74) is 7.74. The standard InChI is InChI=1S/C12H21N3O2/c1-9(13)11-8-14-12(15-10(11)2)4-5-17-7-6-16-3/h8-9H,4-7,13H2,1-3H3/t9-/m1/s1. The van der Waals surface area contributed by atoms with Crippen LogP contribution >= 0.6 is 0 Å². The quantitative estimate of drug-likeness (QED) is 0.719. The van der Waals surface area contributed by atoms with Crippen molar-refractivity contribution >= 4 is 0 Å². The van der Waals surface area contributed by atoms with Crippen LogP contribution < -0.4 is 5.73 Å². The minimum atomic E-state index is -0.0259. The normalized spacial score (nSPS) is 12.7. The Labute approximate surface area is 102 Å². The molecule has 0 unspecified atom stereocenters. The minimum absolute atomic E-state index is 0.0259. The zero-order chi connectivity index (χ0) is 12.7. The Morgan fingerprint density at radius 3 is 2.71 bits per heavy atom. The molecular weight excluding hydrogens is 218 g/mol. The lowest BCUT2D eigenvalue weighted by Gasteiger charge is -2.09. The van der Waals surface area contributed by atoms with Gasteiger partial charge in [-0.1, -0.05) is 0 Å². The fourth-order valence-corrected chi connectivity index (χ4v) is 1.50. The fraction of sp³-hybridized carbons (Fsp3) is 0.667. The van der Waals surface area contributed by atoms with E-state index in [0.29, 0.717) is 26.2 Å². The highest BCUT2D eigenvalue weighted by molar-refractivity contribution is 5.19. The highest BCUT2D eigenvalue weighted by Crippen LogP contribution is 2.11. The van der Waals surface area contributed by atoms with E-state index < -0.39 is 0 Å². The summed E-state index contributed by atoms with van der Waals surface area (Å²) in [6.45, 7) is 5.71. The number of methoxy groups -OCH3 is 1. The van der Waals surface area contributed by atoms with Gasteiger partial charge in [0.25, 0.3) is 0 Å². The third-order valence-corrected chi connectivity index (χ3v) is 2.46. The molecule has 0 saturated carbocycles. The van der Waals surface area contributed by atoms with E-state index in [2.05, 4.69) is 9.97 Å². The van der Waals surface area contributed by atoms with Gasteiger partial charge in [-0.15, -0.1) is 0 Å². The third kappa shape index (κ3) is 4.77. The predicted octanol–water partition coefficient (Wildman–Crippen LogP) is 1.01. The molecule has 0 aliphatic heterocycles. The molecule has 0 amide bonds. The number of ether oxygens (including phenoxy) is 2. The summed E-state index contributed by atoms with van der Waals surface area (Å²) in [5, 5.41) is 0. The van der Waals surface area contributed by atoms with Gasteiger partial charge in [-0.3, -0.25) is 0 Å². The van der Waals surface area contributed by atoms with Crippen molar-refractivity contribution < 1.29 is 9.47 Å². The van der Waals surface area contributed by atoms with Gasteiger partial charge in [0, 0.05) is 37.0 Å². The zero-order valence-electron chi connectivity index (χ0n) is 10.8. The van der Waals surface area contributed by atoms with E-state index in [9.17, 15) is 0 Å². The van der Waals surface area contributed by atoms with E-state index in [4.69, 9.17) is 15.2 Å². The highest BCUT2D eigenvalue weighted by atomic mass is 16.5. The lowest BCUT2D eigenvalue weighted by atomic mass is 10.1. The van der Waals surface area contributed by atoms with Crippen molar-refractivity contribution in [2.75, 3.05) is 26.9 Å². The second kappa shape index (κ2) is 7.32. The summed E-state index contributed by atoms with van der Waals surface area (Å²) in [5.74, 6) is 0.796. The average molecular weight is 239 g/mol. The van der Waals surface area contributed by atoms with Crippen molar-refractivity contribution in [3.8, 4) is 0 Å².